The Hall–Kier alpha value is -1.90. The average Bonchev–Trinajstić information content (AvgIpc) is 3.53. The van der Waals surface area contributed by atoms with Gasteiger partial charge in [-0.15, -0.1) is 0 Å². The Morgan fingerprint density at radius 3 is 2.58 bits per heavy atom. The van der Waals surface area contributed by atoms with Crippen LogP contribution in [0.3, 0.4) is 0 Å². The molecule has 2 aliphatic heterocycles. The molecule has 1 saturated heterocycles. The van der Waals surface area contributed by atoms with E-state index in [1.54, 1.807) is 22.5 Å². The predicted molar refractivity (Wildman–Crippen MR) is 116 cm³/mol. The molecule has 1 aliphatic carbocycles. The van der Waals surface area contributed by atoms with Crippen LogP contribution in [0, 0.1) is 25.2 Å². The lowest BCUT2D eigenvalue weighted by Crippen LogP contribution is -2.51. The fourth-order valence-electron chi connectivity index (χ4n) is 4.85. The number of para-hydroxylation sites is 1. The Balaban J connectivity index is 1.37. The largest absolute Gasteiger partial charge is 0.492 e. The highest BCUT2D eigenvalue weighted by molar-refractivity contribution is 7.89. The molecule has 3 heterocycles. The smallest absolute Gasteiger partial charge is 0.246 e. The van der Waals surface area contributed by atoms with Crippen LogP contribution in [0.4, 0.5) is 0 Å². The second kappa shape index (κ2) is 7.90. The van der Waals surface area contributed by atoms with Crippen molar-refractivity contribution in [3.8, 4) is 5.75 Å². The van der Waals surface area contributed by atoms with Crippen LogP contribution in [-0.4, -0.2) is 55.6 Å². The van der Waals surface area contributed by atoms with Crippen molar-refractivity contribution < 1.29 is 17.7 Å². The van der Waals surface area contributed by atoms with E-state index >= 15 is 0 Å². The lowest BCUT2D eigenvalue weighted by atomic mass is 9.78. The number of hydrogen-bond donors (Lipinski definition) is 0. The molecule has 31 heavy (non-hydrogen) atoms. The lowest BCUT2D eigenvalue weighted by molar-refractivity contribution is 0.0318. The minimum atomic E-state index is -3.56. The minimum Gasteiger partial charge on any atom is -0.492 e. The number of likely N-dealkylation sites (tertiary alicyclic amines) is 1. The van der Waals surface area contributed by atoms with Gasteiger partial charge in [0, 0.05) is 30.6 Å². The predicted octanol–water partition coefficient (Wildman–Crippen LogP) is 3.37. The van der Waals surface area contributed by atoms with E-state index in [1.807, 2.05) is 19.9 Å². The number of sulfonamides is 1. The maximum atomic E-state index is 13.5. The summed E-state index contributed by atoms with van der Waals surface area (Å²) in [5.74, 6) is 1.87. The second-order valence-corrected chi connectivity index (χ2v) is 11.5. The molecule has 0 bridgehead atoms. The van der Waals surface area contributed by atoms with E-state index in [0.717, 1.165) is 62.3 Å². The van der Waals surface area contributed by atoms with Gasteiger partial charge in [0.15, 0.2) is 0 Å². The number of rotatable bonds is 4. The Kier molecular flexibility index (Phi) is 5.35. The molecule has 1 spiro atoms. The standard InChI is InChI=1S/C23H31N3O4S/c1-17-20(18(2)30-24-17)14-25-11-9-23(10-12-25)15-26(13-19-7-8-19)31(27,28)22-6-4-3-5-21(22)29-16-23/h3-6,19H,7-16H2,1-2H3. The monoisotopic (exact) mass is 445 g/mol. The van der Waals surface area contributed by atoms with Crippen LogP contribution in [0.2, 0.25) is 0 Å². The number of hydrogen-bond acceptors (Lipinski definition) is 6. The molecule has 1 aromatic carbocycles. The van der Waals surface area contributed by atoms with Gasteiger partial charge in [-0.1, -0.05) is 17.3 Å². The van der Waals surface area contributed by atoms with Gasteiger partial charge in [-0.05, 0) is 70.7 Å². The number of aryl methyl sites for hydroxylation is 2. The molecule has 0 unspecified atom stereocenters. The van der Waals surface area contributed by atoms with E-state index in [4.69, 9.17) is 9.26 Å². The molecular weight excluding hydrogens is 414 g/mol. The fourth-order valence-corrected chi connectivity index (χ4v) is 6.61. The van der Waals surface area contributed by atoms with Gasteiger partial charge in [0.1, 0.15) is 16.4 Å². The molecule has 168 valence electrons. The van der Waals surface area contributed by atoms with Gasteiger partial charge in [0.2, 0.25) is 10.0 Å². The van der Waals surface area contributed by atoms with Crippen LogP contribution in [0.5, 0.6) is 5.75 Å². The number of piperidine rings is 1. The Morgan fingerprint density at radius 2 is 1.90 bits per heavy atom. The third-order valence-corrected chi connectivity index (χ3v) is 9.00. The van der Waals surface area contributed by atoms with Gasteiger partial charge in [-0.25, -0.2) is 8.42 Å². The molecule has 1 saturated carbocycles. The summed E-state index contributed by atoms with van der Waals surface area (Å²) < 4.78 is 40.3. The molecule has 2 fully saturated rings. The summed E-state index contributed by atoms with van der Waals surface area (Å²) in [6.45, 7) is 8.31. The van der Waals surface area contributed by atoms with E-state index in [-0.39, 0.29) is 5.41 Å². The van der Waals surface area contributed by atoms with Gasteiger partial charge in [0.25, 0.3) is 0 Å². The average molecular weight is 446 g/mol. The third kappa shape index (κ3) is 4.13. The van der Waals surface area contributed by atoms with Crippen molar-refractivity contribution in [1.29, 1.82) is 0 Å². The van der Waals surface area contributed by atoms with Crippen LogP contribution in [0.15, 0.2) is 33.7 Å². The molecule has 2 aromatic rings. The van der Waals surface area contributed by atoms with E-state index in [2.05, 4.69) is 10.1 Å². The maximum absolute atomic E-state index is 13.5. The molecule has 8 heteroatoms. The van der Waals surface area contributed by atoms with Crippen LogP contribution >= 0.6 is 0 Å². The molecule has 5 rings (SSSR count). The van der Waals surface area contributed by atoms with Gasteiger partial charge in [-0.2, -0.15) is 4.31 Å². The summed E-state index contributed by atoms with van der Waals surface area (Å²) in [6, 6.07) is 7.09. The SMILES string of the molecule is Cc1noc(C)c1CN1CCC2(CC1)COc1ccccc1S(=O)(=O)N(CC1CC1)C2. The highest BCUT2D eigenvalue weighted by atomic mass is 32.2. The Morgan fingerprint density at radius 1 is 1.16 bits per heavy atom. The molecule has 3 aliphatic rings. The number of benzene rings is 1. The quantitative estimate of drug-likeness (QED) is 0.718. The van der Waals surface area contributed by atoms with E-state index in [1.165, 1.54) is 0 Å². The number of nitrogens with zero attached hydrogens (tertiary/aromatic N) is 3. The molecule has 0 atom stereocenters. The van der Waals surface area contributed by atoms with Crippen molar-refractivity contribution in [2.75, 3.05) is 32.8 Å². The van der Waals surface area contributed by atoms with Crippen molar-refractivity contribution in [3.63, 3.8) is 0 Å². The zero-order valence-corrected chi connectivity index (χ0v) is 19.2. The van der Waals surface area contributed by atoms with Gasteiger partial charge in [0.05, 0.1) is 12.3 Å². The first-order valence-corrected chi connectivity index (χ1v) is 12.7. The van der Waals surface area contributed by atoms with E-state index < -0.39 is 10.0 Å². The van der Waals surface area contributed by atoms with Gasteiger partial charge >= 0.3 is 0 Å². The number of aromatic nitrogens is 1. The summed E-state index contributed by atoms with van der Waals surface area (Å²) in [5.41, 5.74) is 1.95. The van der Waals surface area contributed by atoms with Crippen molar-refractivity contribution in [2.45, 2.75) is 51.0 Å². The normalized spacial score (nSPS) is 23.7. The topological polar surface area (TPSA) is 75.9 Å². The Bertz CT molecular complexity index is 1030. The van der Waals surface area contributed by atoms with Crippen molar-refractivity contribution in [2.24, 2.45) is 11.3 Å². The lowest BCUT2D eigenvalue weighted by Gasteiger charge is -2.45. The first-order chi connectivity index (χ1) is 14.9. The van der Waals surface area contributed by atoms with Crippen molar-refractivity contribution in [3.05, 3.63) is 41.3 Å². The zero-order chi connectivity index (χ0) is 21.6. The number of ether oxygens (including phenoxy) is 1. The second-order valence-electron chi connectivity index (χ2n) is 9.56. The molecule has 0 radical (unpaired) electrons. The van der Waals surface area contributed by atoms with Crippen LogP contribution < -0.4 is 4.74 Å². The van der Waals surface area contributed by atoms with E-state index in [0.29, 0.717) is 36.3 Å². The summed E-state index contributed by atoms with van der Waals surface area (Å²) in [4.78, 5) is 2.73. The summed E-state index contributed by atoms with van der Waals surface area (Å²) in [5, 5.41) is 4.07. The van der Waals surface area contributed by atoms with Crippen molar-refractivity contribution >= 4 is 10.0 Å². The van der Waals surface area contributed by atoms with Crippen LogP contribution in [-0.2, 0) is 16.6 Å². The third-order valence-electron chi connectivity index (χ3n) is 7.15. The molecule has 1 aromatic heterocycles. The molecule has 7 nitrogen and oxygen atoms in total. The summed E-state index contributed by atoms with van der Waals surface area (Å²) in [6.07, 6.45) is 4.08. The highest BCUT2D eigenvalue weighted by Crippen LogP contribution is 2.41. The first kappa shape index (κ1) is 21.0. The fraction of sp³-hybridized carbons (Fsp3) is 0.609. The molecular formula is C23H31N3O4S. The van der Waals surface area contributed by atoms with Gasteiger partial charge < -0.3 is 9.26 Å². The van der Waals surface area contributed by atoms with Crippen LogP contribution in [0.25, 0.3) is 0 Å². The summed E-state index contributed by atoms with van der Waals surface area (Å²) >= 11 is 0. The number of fused-ring (bicyclic) bond motifs is 1. The first-order valence-electron chi connectivity index (χ1n) is 11.2. The minimum absolute atomic E-state index is 0.162. The van der Waals surface area contributed by atoms with E-state index in [9.17, 15) is 8.42 Å². The zero-order valence-electron chi connectivity index (χ0n) is 18.3. The Labute approximate surface area is 184 Å². The van der Waals surface area contributed by atoms with Crippen LogP contribution in [0.1, 0.15) is 42.7 Å². The summed E-state index contributed by atoms with van der Waals surface area (Å²) in [7, 11) is -3.56. The highest BCUT2D eigenvalue weighted by Gasteiger charge is 2.44. The molecule has 0 N–H and O–H groups in total. The van der Waals surface area contributed by atoms with Crippen molar-refractivity contribution in [1.82, 2.24) is 14.4 Å². The maximum Gasteiger partial charge on any atom is 0.246 e. The molecule has 0 amide bonds. The van der Waals surface area contributed by atoms with Gasteiger partial charge in [-0.3, -0.25) is 4.90 Å².